The van der Waals surface area contributed by atoms with Crippen LogP contribution in [-0.2, 0) is 12.0 Å². The van der Waals surface area contributed by atoms with E-state index in [9.17, 15) is 0 Å². The number of nitrogens with zero attached hydrogens (tertiary/aromatic N) is 4. The molecule has 0 aliphatic carbocycles. The standard InChI is InChI=1S/C16H21BrN4O/c1-16(2,3)15-19-14(20-22-15)10-21-8-4-5-13(21)12-7-6-11(17)9-18-12/h6-7,9,13H,4-5,8,10H2,1-3H3/t13-/m1/s1. The molecule has 1 atom stereocenters. The summed E-state index contributed by atoms with van der Waals surface area (Å²) >= 11 is 3.44. The minimum absolute atomic E-state index is 0.108. The summed E-state index contributed by atoms with van der Waals surface area (Å²) in [6.07, 6.45) is 4.16. The van der Waals surface area contributed by atoms with E-state index in [0.717, 1.165) is 29.0 Å². The molecule has 1 aliphatic rings. The third-order valence-corrected chi connectivity index (χ3v) is 4.38. The molecule has 1 fully saturated rings. The van der Waals surface area contributed by atoms with Crippen molar-refractivity contribution in [3.05, 3.63) is 40.2 Å². The number of likely N-dealkylation sites (tertiary alicyclic amines) is 1. The summed E-state index contributed by atoms with van der Waals surface area (Å²) in [6, 6.07) is 4.47. The Kier molecular flexibility index (Phi) is 4.32. The number of hydrogen-bond donors (Lipinski definition) is 0. The van der Waals surface area contributed by atoms with Gasteiger partial charge in [-0.05, 0) is 47.4 Å². The molecule has 0 spiro atoms. The molecule has 2 aromatic heterocycles. The maximum Gasteiger partial charge on any atom is 0.232 e. The van der Waals surface area contributed by atoms with Crippen LogP contribution < -0.4 is 0 Å². The highest BCUT2D eigenvalue weighted by Crippen LogP contribution is 2.32. The molecule has 0 bridgehead atoms. The van der Waals surface area contributed by atoms with Crippen LogP contribution in [0.15, 0.2) is 27.3 Å². The summed E-state index contributed by atoms with van der Waals surface area (Å²) in [5, 5.41) is 4.13. The number of hydrogen-bond acceptors (Lipinski definition) is 5. The first kappa shape index (κ1) is 15.6. The van der Waals surface area contributed by atoms with Crippen LogP contribution >= 0.6 is 15.9 Å². The molecule has 22 heavy (non-hydrogen) atoms. The van der Waals surface area contributed by atoms with E-state index in [2.05, 4.69) is 62.8 Å². The molecule has 2 aromatic rings. The van der Waals surface area contributed by atoms with Crippen molar-refractivity contribution < 1.29 is 4.52 Å². The van der Waals surface area contributed by atoms with E-state index in [1.807, 2.05) is 12.3 Å². The highest BCUT2D eigenvalue weighted by Gasteiger charge is 2.29. The Labute approximate surface area is 139 Å². The van der Waals surface area contributed by atoms with Crippen molar-refractivity contribution in [1.29, 1.82) is 0 Å². The van der Waals surface area contributed by atoms with Crippen LogP contribution in [0, 0.1) is 0 Å². The molecular formula is C16H21BrN4O. The molecule has 0 aromatic carbocycles. The van der Waals surface area contributed by atoms with Crippen LogP contribution in [0.4, 0.5) is 0 Å². The second-order valence-corrected chi connectivity index (χ2v) is 7.71. The number of aromatic nitrogens is 3. The van der Waals surface area contributed by atoms with Gasteiger partial charge in [0, 0.05) is 16.1 Å². The van der Waals surface area contributed by atoms with Gasteiger partial charge in [-0.3, -0.25) is 9.88 Å². The zero-order valence-corrected chi connectivity index (χ0v) is 14.8. The molecule has 0 saturated carbocycles. The van der Waals surface area contributed by atoms with Gasteiger partial charge < -0.3 is 4.52 Å². The van der Waals surface area contributed by atoms with Gasteiger partial charge in [-0.1, -0.05) is 25.9 Å². The first-order chi connectivity index (χ1) is 10.4. The lowest BCUT2D eigenvalue weighted by Gasteiger charge is -2.22. The first-order valence-electron chi connectivity index (χ1n) is 7.62. The van der Waals surface area contributed by atoms with E-state index in [0.29, 0.717) is 18.5 Å². The van der Waals surface area contributed by atoms with Gasteiger partial charge in [-0.15, -0.1) is 0 Å². The quantitative estimate of drug-likeness (QED) is 0.827. The Balaban J connectivity index is 1.74. The second-order valence-electron chi connectivity index (χ2n) is 6.80. The van der Waals surface area contributed by atoms with Gasteiger partial charge in [0.05, 0.1) is 18.3 Å². The predicted molar refractivity (Wildman–Crippen MR) is 87.3 cm³/mol. The SMILES string of the molecule is CC(C)(C)c1nc(CN2CCC[C@@H]2c2ccc(Br)cn2)no1. The molecular weight excluding hydrogens is 344 g/mol. The minimum Gasteiger partial charge on any atom is -0.339 e. The molecule has 5 nitrogen and oxygen atoms in total. The molecule has 6 heteroatoms. The fraction of sp³-hybridized carbons (Fsp3) is 0.562. The number of pyridine rings is 1. The van der Waals surface area contributed by atoms with Gasteiger partial charge in [0.2, 0.25) is 5.89 Å². The molecule has 1 saturated heterocycles. The van der Waals surface area contributed by atoms with Crippen molar-refractivity contribution in [2.24, 2.45) is 0 Å². The zero-order valence-electron chi connectivity index (χ0n) is 13.2. The Morgan fingerprint density at radius 2 is 2.18 bits per heavy atom. The molecule has 0 amide bonds. The second kappa shape index (κ2) is 6.08. The van der Waals surface area contributed by atoms with E-state index in [1.54, 1.807) is 0 Å². The van der Waals surface area contributed by atoms with Gasteiger partial charge in [0.25, 0.3) is 0 Å². The summed E-state index contributed by atoms with van der Waals surface area (Å²) < 4.78 is 6.39. The Morgan fingerprint density at radius 1 is 1.36 bits per heavy atom. The third kappa shape index (κ3) is 3.38. The monoisotopic (exact) mass is 364 g/mol. The van der Waals surface area contributed by atoms with Gasteiger partial charge in [-0.25, -0.2) is 0 Å². The Bertz CT molecular complexity index is 632. The summed E-state index contributed by atoms with van der Waals surface area (Å²) in [7, 11) is 0. The summed E-state index contributed by atoms with van der Waals surface area (Å²) in [5.41, 5.74) is 1.00. The largest absolute Gasteiger partial charge is 0.339 e. The van der Waals surface area contributed by atoms with Crippen molar-refractivity contribution in [2.75, 3.05) is 6.54 Å². The molecule has 118 valence electrons. The molecule has 3 rings (SSSR count). The van der Waals surface area contributed by atoms with Crippen LogP contribution in [0.2, 0.25) is 0 Å². The normalized spacial score (nSPS) is 19.7. The lowest BCUT2D eigenvalue weighted by atomic mass is 9.97. The van der Waals surface area contributed by atoms with Gasteiger partial charge in [0.15, 0.2) is 5.82 Å². The Hall–Kier alpha value is -1.27. The first-order valence-corrected chi connectivity index (χ1v) is 8.41. The van der Waals surface area contributed by atoms with Crippen LogP contribution in [0.3, 0.4) is 0 Å². The van der Waals surface area contributed by atoms with E-state index in [1.165, 1.54) is 6.42 Å². The van der Waals surface area contributed by atoms with E-state index < -0.39 is 0 Å². The summed E-state index contributed by atoms with van der Waals surface area (Å²) in [5.74, 6) is 1.45. The maximum absolute atomic E-state index is 5.39. The van der Waals surface area contributed by atoms with Crippen LogP contribution in [0.25, 0.3) is 0 Å². The van der Waals surface area contributed by atoms with Crippen molar-refractivity contribution in [2.45, 2.75) is 51.6 Å². The smallest absolute Gasteiger partial charge is 0.232 e. The Morgan fingerprint density at radius 3 is 2.82 bits per heavy atom. The number of rotatable bonds is 3. The van der Waals surface area contributed by atoms with Gasteiger partial charge >= 0.3 is 0 Å². The lowest BCUT2D eigenvalue weighted by molar-refractivity contribution is 0.233. The highest BCUT2D eigenvalue weighted by molar-refractivity contribution is 9.10. The molecule has 0 N–H and O–H groups in total. The van der Waals surface area contributed by atoms with E-state index in [4.69, 9.17) is 4.52 Å². The fourth-order valence-corrected chi connectivity index (χ4v) is 2.97. The van der Waals surface area contributed by atoms with Crippen molar-refractivity contribution >= 4 is 15.9 Å². The van der Waals surface area contributed by atoms with Gasteiger partial charge in [-0.2, -0.15) is 4.98 Å². The highest BCUT2D eigenvalue weighted by atomic mass is 79.9. The molecule has 0 radical (unpaired) electrons. The van der Waals surface area contributed by atoms with E-state index in [-0.39, 0.29) is 5.41 Å². The van der Waals surface area contributed by atoms with Gasteiger partial charge in [0.1, 0.15) is 0 Å². The average molecular weight is 365 g/mol. The number of halogens is 1. The minimum atomic E-state index is -0.108. The summed E-state index contributed by atoms with van der Waals surface area (Å²) in [6.45, 7) is 7.99. The third-order valence-electron chi connectivity index (χ3n) is 3.91. The fourth-order valence-electron chi connectivity index (χ4n) is 2.74. The van der Waals surface area contributed by atoms with Crippen molar-refractivity contribution in [3.63, 3.8) is 0 Å². The summed E-state index contributed by atoms with van der Waals surface area (Å²) in [4.78, 5) is 11.5. The van der Waals surface area contributed by atoms with E-state index >= 15 is 0 Å². The van der Waals surface area contributed by atoms with Crippen molar-refractivity contribution in [1.82, 2.24) is 20.0 Å². The molecule has 0 unspecified atom stereocenters. The van der Waals surface area contributed by atoms with Crippen LogP contribution in [0.1, 0.15) is 57.1 Å². The van der Waals surface area contributed by atoms with Crippen molar-refractivity contribution in [3.8, 4) is 0 Å². The zero-order chi connectivity index (χ0) is 15.7. The van der Waals surface area contributed by atoms with Crippen LogP contribution in [0.5, 0.6) is 0 Å². The predicted octanol–water partition coefficient (Wildman–Crippen LogP) is 3.86. The average Bonchev–Trinajstić information content (AvgIpc) is 3.09. The topological polar surface area (TPSA) is 55.1 Å². The molecule has 3 heterocycles. The maximum atomic E-state index is 5.39. The van der Waals surface area contributed by atoms with Crippen LogP contribution in [-0.4, -0.2) is 26.6 Å². The lowest BCUT2D eigenvalue weighted by Crippen LogP contribution is -2.24. The molecule has 1 aliphatic heterocycles.